The number of nitrogens with one attached hydrogen (secondary N) is 1. The fourth-order valence-electron chi connectivity index (χ4n) is 3.29. The molecule has 3 nitrogen and oxygen atoms in total. The number of fused-ring (bicyclic) bond motifs is 5. The minimum absolute atomic E-state index is 0. The van der Waals surface area contributed by atoms with Crippen molar-refractivity contribution in [1.82, 2.24) is 10.3 Å². The second kappa shape index (κ2) is 5.43. The fraction of sp³-hybridized carbons (Fsp3) is 0.312. The number of halogens is 1. The normalized spacial score (nSPS) is 20.0. The lowest BCUT2D eigenvalue weighted by Crippen LogP contribution is -2.46. The van der Waals surface area contributed by atoms with Gasteiger partial charge in [0.05, 0.1) is 6.04 Å². The van der Waals surface area contributed by atoms with Gasteiger partial charge in [-0.3, -0.25) is 0 Å². The van der Waals surface area contributed by atoms with E-state index in [9.17, 15) is 0 Å². The van der Waals surface area contributed by atoms with Crippen LogP contribution in [-0.2, 0) is 6.42 Å². The first-order valence-corrected chi connectivity index (χ1v) is 6.92. The topological polar surface area (TPSA) is 28.2 Å². The second-order valence-corrected chi connectivity index (χ2v) is 5.28. The molecule has 1 aromatic heterocycles. The Labute approximate surface area is 125 Å². The number of anilines is 1. The summed E-state index contributed by atoms with van der Waals surface area (Å²) >= 11 is 0. The number of benzene rings is 1. The van der Waals surface area contributed by atoms with Crippen LogP contribution in [-0.4, -0.2) is 24.6 Å². The van der Waals surface area contributed by atoms with Gasteiger partial charge in [0.1, 0.15) is 5.82 Å². The predicted octanol–water partition coefficient (Wildman–Crippen LogP) is 2.56. The van der Waals surface area contributed by atoms with Crippen LogP contribution in [0.15, 0.2) is 42.6 Å². The molecule has 0 aliphatic carbocycles. The molecule has 0 unspecified atom stereocenters. The van der Waals surface area contributed by atoms with E-state index in [0.29, 0.717) is 6.04 Å². The maximum absolute atomic E-state index is 4.64. The van der Waals surface area contributed by atoms with Crippen molar-refractivity contribution in [1.29, 1.82) is 0 Å². The van der Waals surface area contributed by atoms with Crippen molar-refractivity contribution >= 4 is 18.2 Å². The monoisotopic (exact) mass is 287 g/mol. The Kier molecular flexibility index (Phi) is 3.64. The van der Waals surface area contributed by atoms with Crippen molar-refractivity contribution in [3.63, 3.8) is 0 Å². The van der Waals surface area contributed by atoms with Gasteiger partial charge in [-0.1, -0.05) is 30.3 Å². The van der Waals surface area contributed by atoms with Gasteiger partial charge in [0.2, 0.25) is 0 Å². The summed E-state index contributed by atoms with van der Waals surface area (Å²) in [4.78, 5) is 7.11. The third kappa shape index (κ3) is 2.07. The van der Waals surface area contributed by atoms with Crippen LogP contribution in [0.25, 0.3) is 0 Å². The van der Waals surface area contributed by atoms with E-state index >= 15 is 0 Å². The molecule has 0 radical (unpaired) electrons. The van der Waals surface area contributed by atoms with Gasteiger partial charge in [0.15, 0.2) is 0 Å². The average molecular weight is 288 g/mol. The van der Waals surface area contributed by atoms with Crippen LogP contribution >= 0.6 is 12.4 Å². The van der Waals surface area contributed by atoms with E-state index in [-0.39, 0.29) is 12.4 Å². The van der Waals surface area contributed by atoms with Crippen LogP contribution in [0, 0.1) is 0 Å². The molecule has 0 spiro atoms. The number of rotatable bonds is 0. The summed E-state index contributed by atoms with van der Waals surface area (Å²) in [5.74, 6) is 1.17. The largest absolute Gasteiger partial charge is 0.347 e. The Morgan fingerprint density at radius 1 is 1.10 bits per heavy atom. The van der Waals surface area contributed by atoms with Gasteiger partial charge >= 0.3 is 0 Å². The highest BCUT2D eigenvalue weighted by atomic mass is 35.5. The summed E-state index contributed by atoms with van der Waals surface area (Å²) in [5, 5.41) is 3.51. The number of hydrogen-bond donors (Lipinski definition) is 1. The van der Waals surface area contributed by atoms with Crippen molar-refractivity contribution in [2.75, 3.05) is 24.5 Å². The molecule has 2 aliphatic heterocycles. The van der Waals surface area contributed by atoms with Crippen LogP contribution < -0.4 is 10.2 Å². The molecule has 4 rings (SSSR count). The van der Waals surface area contributed by atoms with E-state index in [1.54, 1.807) is 0 Å². The van der Waals surface area contributed by atoms with Crippen LogP contribution in [0.1, 0.15) is 22.7 Å². The van der Waals surface area contributed by atoms with Crippen molar-refractivity contribution in [3.05, 3.63) is 59.3 Å². The molecular weight excluding hydrogens is 270 g/mol. The van der Waals surface area contributed by atoms with Crippen LogP contribution in [0.3, 0.4) is 0 Å². The molecule has 0 amide bonds. The SMILES string of the molecule is Cl.c1ccc2c(c1)Cc1cccnc1N1CCNC[C@@H]21. The zero-order chi connectivity index (χ0) is 12.7. The minimum atomic E-state index is 0. The molecule has 3 heterocycles. The van der Waals surface area contributed by atoms with Crippen molar-refractivity contribution < 1.29 is 0 Å². The van der Waals surface area contributed by atoms with Crippen LogP contribution in [0.5, 0.6) is 0 Å². The molecule has 2 aromatic rings. The maximum atomic E-state index is 4.64. The molecule has 0 saturated carbocycles. The summed E-state index contributed by atoms with van der Waals surface area (Å²) in [6, 6.07) is 13.5. The van der Waals surface area contributed by atoms with Gasteiger partial charge in [-0.2, -0.15) is 0 Å². The maximum Gasteiger partial charge on any atom is 0.132 e. The number of pyridine rings is 1. The van der Waals surface area contributed by atoms with Crippen molar-refractivity contribution in [2.24, 2.45) is 0 Å². The van der Waals surface area contributed by atoms with Crippen LogP contribution in [0.2, 0.25) is 0 Å². The Bertz CT molecular complexity index is 561. The molecule has 1 atom stereocenters. The predicted molar refractivity (Wildman–Crippen MR) is 83.7 cm³/mol. The average Bonchev–Trinajstić information content (AvgIpc) is 2.62. The zero-order valence-corrected chi connectivity index (χ0v) is 12.1. The molecule has 104 valence electrons. The summed E-state index contributed by atoms with van der Waals surface area (Å²) in [6.07, 6.45) is 2.90. The third-order valence-corrected chi connectivity index (χ3v) is 4.18. The number of nitrogens with zero attached hydrogens (tertiary/aromatic N) is 2. The van der Waals surface area contributed by atoms with Crippen LogP contribution in [0.4, 0.5) is 5.82 Å². The van der Waals surface area contributed by atoms with E-state index in [1.807, 2.05) is 12.3 Å². The van der Waals surface area contributed by atoms with E-state index < -0.39 is 0 Å². The minimum Gasteiger partial charge on any atom is -0.347 e. The van der Waals surface area contributed by atoms with Gasteiger partial charge in [0.25, 0.3) is 0 Å². The smallest absolute Gasteiger partial charge is 0.132 e. The molecule has 20 heavy (non-hydrogen) atoms. The summed E-state index contributed by atoms with van der Waals surface area (Å²) in [6.45, 7) is 3.07. The Balaban J connectivity index is 0.00000121. The molecule has 1 saturated heterocycles. The first-order chi connectivity index (χ1) is 9.43. The Morgan fingerprint density at radius 2 is 1.95 bits per heavy atom. The highest BCUT2D eigenvalue weighted by Gasteiger charge is 2.30. The van der Waals surface area contributed by atoms with E-state index in [2.05, 4.69) is 45.5 Å². The molecule has 0 bridgehead atoms. The number of hydrogen-bond acceptors (Lipinski definition) is 3. The quantitative estimate of drug-likeness (QED) is 0.807. The lowest BCUT2D eigenvalue weighted by atomic mass is 9.96. The summed E-state index contributed by atoms with van der Waals surface area (Å²) < 4.78 is 0. The molecule has 1 N–H and O–H groups in total. The zero-order valence-electron chi connectivity index (χ0n) is 11.2. The van der Waals surface area contributed by atoms with Crippen molar-refractivity contribution in [2.45, 2.75) is 12.5 Å². The van der Waals surface area contributed by atoms with Gasteiger partial charge in [-0.25, -0.2) is 4.98 Å². The highest BCUT2D eigenvalue weighted by Crippen LogP contribution is 2.36. The van der Waals surface area contributed by atoms with Crippen molar-refractivity contribution in [3.8, 4) is 0 Å². The van der Waals surface area contributed by atoms with Gasteiger partial charge in [-0.15, -0.1) is 12.4 Å². The molecule has 4 heteroatoms. The molecule has 1 aromatic carbocycles. The molecule has 2 aliphatic rings. The van der Waals surface area contributed by atoms with Gasteiger partial charge < -0.3 is 10.2 Å². The first-order valence-electron chi connectivity index (χ1n) is 6.92. The summed E-state index contributed by atoms with van der Waals surface area (Å²) in [7, 11) is 0. The standard InChI is InChI=1S/C16H17N3.ClH/c1-2-6-14-12(4-1)10-13-5-3-7-18-16(13)19-9-8-17-11-15(14)19;/h1-7,15,17H,8-11H2;1H/t15-;/m0./s1. The fourth-order valence-corrected chi connectivity index (χ4v) is 3.29. The number of aromatic nitrogens is 1. The van der Waals surface area contributed by atoms with E-state index in [0.717, 1.165) is 26.1 Å². The molecule has 1 fully saturated rings. The van der Waals surface area contributed by atoms with Gasteiger partial charge in [-0.05, 0) is 22.8 Å². The lowest BCUT2D eigenvalue weighted by Gasteiger charge is -2.37. The Hall–Kier alpha value is -1.58. The van der Waals surface area contributed by atoms with E-state index in [1.165, 1.54) is 22.5 Å². The lowest BCUT2D eigenvalue weighted by molar-refractivity contribution is 0.487. The first kappa shape index (κ1) is 13.4. The summed E-state index contributed by atoms with van der Waals surface area (Å²) in [5.41, 5.74) is 4.24. The molecular formula is C16H18ClN3. The number of piperazine rings is 1. The van der Waals surface area contributed by atoms with E-state index in [4.69, 9.17) is 0 Å². The Morgan fingerprint density at radius 3 is 2.90 bits per heavy atom. The highest BCUT2D eigenvalue weighted by molar-refractivity contribution is 5.85. The van der Waals surface area contributed by atoms with Gasteiger partial charge in [0, 0.05) is 32.3 Å². The second-order valence-electron chi connectivity index (χ2n) is 5.28. The third-order valence-electron chi connectivity index (χ3n) is 4.18.